The fourth-order valence-electron chi connectivity index (χ4n) is 1.98. The normalized spacial score (nSPS) is 24.8. The summed E-state index contributed by atoms with van der Waals surface area (Å²) in [6.45, 7) is 4.32. The molecule has 2 unspecified atom stereocenters. The Morgan fingerprint density at radius 3 is 2.94 bits per heavy atom. The van der Waals surface area contributed by atoms with Crippen molar-refractivity contribution in [1.29, 1.82) is 0 Å². The summed E-state index contributed by atoms with van der Waals surface area (Å²) in [6.07, 6.45) is 1.91. The molecular weight excluding hydrogens is 252 g/mol. The highest BCUT2D eigenvalue weighted by Gasteiger charge is 2.26. The molecule has 0 radical (unpaired) electrons. The third kappa shape index (κ3) is 3.28. The van der Waals surface area contributed by atoms with E-state index in [2.05, 4.69) is 23.8 Å². The van der Waals surface area contributed by atoms with Gasteiger partial charge in [0.1, 0.15) is 5.82 Å². The highest BCUT2D eigenvalue weighted by Crippen LogP contribution is 2.40. The van der Waals surface area contributed by atoms with E-state index in [0.717, 1.165) is 30.1 Å². The topological polar surface area (TPSA) is 45.8 Å². The fourth-order valence-corrected chi connectivity index (χ4v) is 4.69. The summed E-state index contributed by atoms with van der Waals surface area (Å²) < 4.78 is 0. The van der Waals surface area contributed by atoms with Crippen LogP contribution in [-0.4, -0.2) is 26.7 Å². The summed E-state index contributed by atoms with van der Waals surface area (Å²) in [4.78, 5) is 19.1. The van der Waals surface area contributed by atoms with Gasteiger partial charge in [-0.05, 0) is 6.42 Å². The van der Waals surface area contributed by atoms with Gasteiger partial charge < -0.3 is 4.98 Å². The molecule has 0 aromatic carbocycles. The van der Waals surface area contributed by atoms with E-state index in [1.54, 1.807) is 6.07 Å². The summed E-state index contributed by atoms with van der Waals surface area (Å²) in [7, 11) is 0. The second kappa shape index (κ2) is 5.96. The number of H-pyrrole nitrogens is 1. The van der Waals surface area contributed by atoms with Gasteiger partial charge >= 0.3 is 0 Å². The van der Waals surface area contributed by atoms with Crippen LogP contribution in [-0.2, 0) is 6.42 Å². The maximum absolute atomic E-state index is 11.6. The predicted molar refractivity (Wildman–Crippen MR) is 76.0 cm³/mol. The maximum atomic E-state index is 11.6. The second-order valence-corrected chi connectivity index (χ2v) is 6.97. The SMILES string of the molecule is CCCc1cc(=O)[nH]c(C2SCCSC2C)n1. The van der Waals surface area contributed by atoms with Crippen molar-refractivity contribution in [2.45, 2.75) is 37.2 Å². The Labute approximate surface area is 110 Å². The molecule has 94 valence electrons. The molecule has 0 spiro atoms. The molecule has 0 amide bonds. The largest absolute Gasteiger partial charge is 0.310 e. The molecule has 1 aromatic rings. The molecule has 0 saturated carbocycles. The van der Waals surface area contributed by atoms with E-state index in [9.17, 15) is 4.79 Å². The van der Waals surface area contributed by atoms with Crippen LogP contribution in [0.25, 0.3) is 0 Å². The van der Waals surface area contributed by atoms with Crippen molar-refractivity contribution in [1.82, 2.24) is 9.97 Å². The van der Waals surface area contributed by atoms with E-state index in [1.165, 1.54) is 5.75 Å². The van der Waals surface area contributed by atoms with Gasteiger partial charge in [-0.1, -0.05) is 20.3 Å². The minimum atomic E-state index is -0.0122. The molecule has 1 fully saturated rings. The zero-order valence-corrected chi connectivity index (χ0v) is 11.9. The molecule has 2 heterocycles. The van der Waals surface area contributed by atoms with Crippen LogP contribution in [0.2, 0.25) is 0 Å². The Balaban J connectivity index is 2.27. The van der Waals surface area contributed by atoms with Crippen molar-refractivity contribution in [2.24, 2.45) is 0 Å². The first-order chi connectivity index (χ1) is 8.20. The highest BCUT2D eigenvalue weighted by atomic mass is 32.2. The molecule has 1 N–H and O–H groups in total. The smallest absolute Gasteiger partial charge is 0.251 e. The molecule has 2 rings (SSSR count). The molecule has 1 aliphatic heterocycles. The third-order valence-electron chi connectivity index (χ3n) is 2.78. The van der Waals surface area contributed by atoms with Crippen LogP contribution in [0.3, 0.4) is 0 Å². The Morgan fingerprint density at radius 2 is 2.24 bits per heavy atom. The van der Waals surface area contributed by atoms with Gasteiger partial charge in [0.25, 0.3) is 5.56 Å². The Morgan fingerprint density at radius 1 is 1.47 bits per heavy atom. The summed E-state index contributed by atoms with van der Waals surface area (Å²) in [6, 6.07) is 1.62. The van der Waals surface area contributed by atoms with Crippen molar-refractivity contribution < 1.29 is 0 Å². The maximum Gasteiger partial charge on any atom is 0.251 e. The Bertz CT molecular complexity index is 433. The zero-order valence-electron chi connectivity index (χ0n) is 10.2. The average molecular weight is 270 g/mol. The number of hydrogen-bond donors (Lipinski definition) is 1. The van der Waals surface area contributed by atoms with Crippen LogP contribution < -0.4 is 5.56 Å². The van der Waals surface area contributed by atoms with Crippen molar-refractivity contribution >= 4 is 23.5 Å². The summed E-state index contributed by atoms with van der Waals surface area (Å²) in [5, 5.41) is 0.854. The Hall–Kier alpha value is -0.420. The van der Waals surface area contributed by atoms with Gasteiger partial charge in [0.15, 0.2) is 0 Å². The van der Waals surface area contributed by atoms with E-state index in [4.69, 9.17) is 0 Å². The lowest BCUT2D eigenvalue weighted by Crippen LogP contribution is -2.22. The molecule has 1 saturated heterocycles. The first kappa shape index (κ1) is 13.0. The molecule has 2 atom stereocenters. The number of aryl methyl sites for hydroxylation is 1. The summed E-state index contributed by atoms with van der Waals surface area (Å²) in [5.74, 6) is 3.20. The van der Waals surface area contributed by atoms with Crippen LogP contribution >= 0.6 is 23.5 Å². The molecule has 0 aliphatic carbocycles. The molecule has 1 aliphatic rings. The highest BCUT2D eigenvalue weighted by molar-refractivity contribution is 8.06. The molecule has 5 heteroatoms. The minimum Gasteiger partial charge on any atom is -0.310 e. The quantitative estimate of drug-likeness (QED) is 0.917. The molecule has 3 nitrogen and oxygen atoms in total. The molecule has 0 bridgehead atoms. The molecule has 1 aromatic heterocycles. The number of rotatable bonds is 3. The molecule has 17 heavy (non-hydrogen) atoms. The monoisotopic (exact) mass is 270 g/mol. The average Bonchev–Trinajstić information content (AvgIpc) is 2.29. The zero-order chi connectivity index (χ0) is 12.3. The van der Waals surface area contributed by atoms with Gasteiger partial charge in [-0.3, -0.25) is 4.79 Å². The lowest BCUT2D eigenvalue weighted by molar-refractivity contribution is 0.778. The third-order valence-corrected chi connectivity index (χ3v) is 5.88. The van der Waals surface area contributed by atoms with E-state index in [0.29, 0.717) is 10.5 Å². The number of nitrogens with one attached hydrogen (secondary N) is 1. The lowest BCUT2D eigenvalue weighted by Gasteiger charge is -2.27. The van der Waals surface area contributed by atoms with Gasteiger partial charge in [-0.25, -0.2) is 4.98 Å². The van der Waals surface area contributed by atoms with E-state index in [-0.39, 0.29) is 5.56 Å². The van der Waals surface area contributed by atoms with E-state index < -0.39 is 0 Å². The fraction of sp³-hybridized carbons (Fsp3) is 0.667. The predicted octanol–water partition coefficient (Wildman–Crippen LogP) is 2.63. The van der Waals surface area contributed by atoms with Crippen LogP contribution in [0.4, 0.5) is 0 Å². The van der Waals surface area contributed by atoms with Crippen molar-refractivity contribution in [2.75, 3.05) is 11.5 Å². The summed E-state index contributed by atoms with van der Waals surface area (Å²) in [5.41, 5.74) is 0.913. The van der Waals surface area contributed by atoms with Crippen molar-refractivity contribution in [3.63, 3.8) is 0 Å². The minimum absolute atomic E-state index is 0.0122. The van der Waals surface area contributed by atoms with Gasteiger partial charge in [0.05, 0.1) is 5.25 Å². The van der Waals surface area contributed by atoms with Gasteiger partial charge in [0, 0.05) is 28.5 Å². The number of aromatic nitrogens is 2. The molecular formula is C12H18N2OS2. The number of nitrogens with zero attached hydrogens (tertiary/aromatic N) is 1. The number of aromatic amines is 1. The van der Waals surface area contributed by atoms with Gasteiger partial charge in [-0.2, -0.15) is 11.8 Å². The first-order valence-electron chi connectivity index (χ1n) is 6.04. The second-order valence-electron chi connectivity index (χ2n) is 4.24. The van der Waals surface area contributed by atoms with Gasteiger partial charge in [0.2, 0.25) is 0 Å². The Kier molecular flexibility index (Phi) is 4.56. The number of hydrogen-bond acceptors (Lipinski definition) is 4. The van der Waals surface area contributed by atoms with Crippen LogP contribution in [0.15, 0.2) is 10.9 Å². The van der Waals surface area contributed by atoms with Crippen molar-refractivity contribution in [3.05, 3.63) is 27.9 Å². The van der Waals surface area contributed by atoms with Crippen molar-refractivity contribution in [3.8, 4) is 0 Å². The first-order valence-corrected chi connectivity index (χ1v) is 8.13. The standard InChI is InChI=1S/C12H18N2OS2/c1-3-4-9-7-10(15)14-12(13-9)11-8(2)16-5-6-17-11/h7-8,11H,3-6H2,1-2H3,(H,13,14,15). The van der Waals surface area contributed by atoms with E-state index >= 15 is 0 Å². The van der Waals surface area contributed by atoms with Gasteiger partial charge in [-0.15, -0.1) is 11.8 Å². The van der Waals surface area contributed by atoms with Crippen LogP contribution in [0, 0.1) is 0 Å². The van der Waals surface area contributed by atoms with Crippen LogP contribution in [0.1, 0.15) is 37.0 Å². The lowest BCUT2D eigenvalue weighted by atomic mass is 10.2. The summed E-state index contributed by atoms with van der Waals surface area (Å²) >= 11 is 3.87. The van der Waals surface area contributed by atoms with E-state index in [1.807, 2.05) is 23.5 Å². The van der Waals surface area contributed by atoms with Crippen LogP contribution in [0.5, 0.6) is 0 Å². The number of thioether (sulfide) groups is 2.